The number of rotatable bonds is 6. The van der Waals surface area contributed by atoms with Gasteiger partial charge < -0.3 is 20.7 Å². The van der Waals surface area contributed by atoms with Crippen LogP contribution in [-0.2, 0) is 20.5 Å². The number of anilines is 2. The topological polar surface area (TPSA) is 135 Å². The zero-order chi connectivity index (χ0) is 35.8. The lowest BCUT2D eigenvalue weighted by Crippen LogP contribution is -2.46. The lowest BCUT2D eigenvalue weighted by Gasteiger charge is -2.28. The molecule has 262 valence electrons. The first-order valence-electron chi connectivity index (χ1n) is 17.1. The highest BCUT2D eigenvalue weighted by Gasteiger charge is 2.46. The smallest absolute Gasteiger partial charge is 0.330 e. The number of aromatic nitrogens is 4. The molecule has 2 amide bonds. The first-order chi connectivity index (χ1) is 24.5. The van der Waals surface area contributed by atoms with Crippen LogP contribution in [0, 0.1) is 13.8 Å². The van der Waals surface area contributed by atoms with Crippen LogP contribution in [0.25, 0.3) is 33.3 Å². The van der Waals surface area contributed by atoms with E-state index < -0.39 is 11.2 Å². The van der Waals surface area contributed by atoms with E-state index in [2.05, 4.69) is 31.9 Å². The fraction of sp³-hybridized carbons (Fsp3) is 0.342. The Kier molecular flexibility index (Phi) is 7.91. The second kappa shape index (κ2) is 12.2. The molecule has 3 aromatic heterocycles. The van der Waals surface area contributed by atoms with E-state index in [1.165, 1.54) is 17.2 Å². The number of urea groups is 1. The Balaban J connectivity index is 1.14. The highest BCUT2D eigenvalue weighted by molar-refractivity contribution is 6.36. The molecule has 0 saturated carbocycles. The molecule has 3 aliphatic rings. The molecule has 2 aromatic carbocycles. The van der Waals surface area contributed by atoms with Crippen LogP contribution in [0.15, 0.2) is 58.1 Å². The van der Waals surface area contributed by atoms with Crippen LogP contribution in [0.5, 0.6) is 5.88 Å². The van der Waals surface area contributed by atoms with Crippen LogP contribution in [-0.4, -0.2) is 62.3 Å². The monoisotopic (exact) mass is 706 g/mol. The van der Waals surface area contributed by atoms with Gasteiger partial charge in [0.1, 0.15) is 11.2 Å². The normalized spacial score (nSPS) is 19.8. The van der Waals surface area contributed by atoms with Gasteiger partial charge in [0.15, 0.2) is 0 Å². The van der Waals surface area contributed by atoms with E-state index in [-0.39, 0.29) is 17.6 Å². The number of methoxy groups -OCH3 is 1. The maximum Gasteiger partial charge on any atom is 0.330 e. The van der Waals surface area contributed by atoms with Gasteiger partial charge in [-0.1, -0.05) is 41.9 Å². The highest BCUT2D eigenvalue weighted by Crippen LogP contribution is 2.46. The van der Waals surface area contributed by atoms with Crippen molar-refractivity contribution in [3.05, 3.63) is 96.8 Å². The third-order valence-corrected chi connectivity index (χ3v) is 11.3. The number of amides is 2. The second-order valence-corrected chi connectivity index (χ2v) is 14.3. The van der Waals surface area contributed by atoms with Crippen LogP contribution < -0.4 is 31.9 Å². The van der Waals surface area contributed by atoms with Gasteiger partial charge in [0.05, 0.1) is 28.9 Å². The Morgan fingerprint density at radius 3 is 2.53 bits per heavy atom. The molecule has 51 heavy (non-hydrogen) atoms. The van der Waals surface area contributed by atoms with Gasteiger partial charge in [0.25, 0.3) is 5.56 Å². The first-order valence-corrected chi connectivity index (χ1v) is 17.5. The Labute approximate surface area is 299 Å². The molecule has 0 radical (unpaired) electrons. The Bertz CT molecular complexity index is 2410. The van der Waals surface area contributed by atoms with Crippen molar-refractivity contribution in [2.45, 2.75) is 44.7 Å². The summed E-state index contributed by atoms with van der Waals surface area (Å²) in [6.45, 7) is 6.16. The second-order valence-electron chi connectivity index (χ2n) is 13.9. The number of aryl methyl sites for hydroxylation is 3. The summed E-state index contributed by atoms with van der Waals surface area (Å²) in [5.74, 6) is 0.979. The van der Waals surface area contributed by atoms with Gasteiger partial charge in [-0.15, -0.1) is 0 Å². The third-order valence-electron chi connectivity index (χ3n) is 10.8. The molecule has 1 spiro atoms. The molecular weight excluding hydrogens is 668 g/mol. The molecule has 2 saturated heterocycles. The summed E-state index contributed by atoms with van der Waals surface area (Å²) in [6.07, 6.45) is 2.75. The molecule has 13 heteroatoms. The van der Waals surface area contributed by atoms with Crippen molar-refractivity contribution in [3.8, 4) is 28.3 Å². The zero-order valence-electron chi connectivity index (χ0n) is 29.2. The van der Waals surface area contributed by atoms with Crippen molar-refractivity contribution in [3.63, 3.8) is 0 Å². The largest absolute Gasteiger partial charge is 0.481 e. The average molecular weight is 707 g/mol. The van der Waals surface area contributed by atoms with Crippen LogP contribution >= 0.6 is 11.6 Å². The quantitative estimate of drug-likeness (QED) is 0.221. The average Bonchev–Trinajstić information content (AvgIpc) is 3.84. The predicted octanol–water partition coefficient (Wildman–Crippen LogP) is 5.13. The number of carbonyl (C=O) groups is 1. The summed E-state index contributed by atoms with van der Waals surface area (Å²) in [6, 6.07) is 15.8. The molecule has 8 rings (SSSR count). The molecule has 0 bridgehead atoms. The third kappa shape index (κ3) is 5.35. The number of hydrogen-bond donors (Lipinski definition) is 3. The van der Waals surface area contributed by atoms with Gasteiger partial charge in [-0.3, -0.25) is 18.8 Å². The molecule has 12 nitrogen and oxygen atoms in total. The van der Waals surface area contributed by atoms with Gasteiger partial charge in [-0.2, -0.15) is 0 Å². The summed E-state index contributed by atoms with van der Waals surface area (Å²) in [4.78, 5) is 50.0. The predicted molar refractivity (Wildman–Crippen MR) is 198 cm³/mol. The number of pyridine rings is 2. The lowest BCUT2D eigenvalue weighted by atomic mass is 9.96. The van der Waals surface area contributed by atoms with Gasteiger partial charge in [0, 0.05) is 67.8 Å². The van der Waals surface area contributed by atoms with Crippen molar-refractivity contribution < 1.29 is 9.53 Å². The van der Waals surface area contributed by atoms with Gasteiger partial charge >= 0.3 is 11.7 Å². The SMILES string of the molecule is COc1nc(-c2cccc(-c3cccc(Nc4nc(C)cc5c4c(=O)n(C)c(=O)n5C)c3C)c2Cl)cc2c1[C@H](N1CC[C@]3(CNC(=O)N3)C1)CC2. The summed E-state index contributed by atoms with van der Waals surface area (Å²) in [5.41, 5.74) is 7.41. The van der Waals surface area contributed by atoms with Gasteiger partial charge in [-0.25, -0.2) is 19.6 Å². The number of benzene rings is 2. The van der Waals surface area contributed by atoms with Crippen molar-refractivity contribution in [1.29, 1.82) is 0 Å². The molecule has 5 heterocycles. The fourth-order valence-corrected chi connectivity index (χ4v) is 8.49. The van der Waals surface area contributed by atoms with E-state index in [1.807, 2.05) is 50.2 Å². The number of carbonyl (C=O) groups excluding carboxylic acids is 1. The van der Waals surface area contributed by atoms with E-state index in [1.54, 1.807) is 20.2 Å². The zero-order valence-corrected chi connectivity index (χ0v) is 29.9. The molecule has 0 unspecified atom stereocenters. The minimum Gasteiger partial charge on any atom is -0.481 e. The van der Waals surface area contributed by atoms with E-state index in [4.69, 9.17) is 21.3 Å². The molecule has 2 atom stereocenters. The van der Waals surface area contributed by atoms with Gasteiger partial charge in [0.2, 0.25) is 5.88 Å². The molecule has 2 aliphatic heterocycles. The van der Waals surface area contributed by atoms with Gasteiger partial charge in [-0.05, 0) is 68.0 Å². The number of nitrogens with zero attached hydrogens (tertiary/aromatic N) is 5. The number of ether oxygens (including phenoxy) is 1. The Morgan fingerprint density at radius 1 is 1.00 bits per heavy atom. The Hall–Kier alpha value is -5.20. The maximum atomic E-state index is 13.3. The number of hydrogen-bond acceptors (Lipinski definition) is 8. The molecule has 2 fully saturated rings. The molecule has 5 aromatic rings. The standard InChI is InChI=1S/C38H39ClN8O4/c1-20-16-29-31(35(48)46(4)37(50)45(29)3)33(41-20)42-26-11-7-8-23(21(26)2)24-9-6-10-25(32(24)39)27-17-22-12-13-28(30(22)34(43-27)51-5)47-15-14-38(19-47)18-40-36(49)44-38/h6-11,16-17,28H,12-15,18-19H2,1-5H3,(H,41,42)(H2,40,44,49)/t28-,38+/m1/s1. The van der Waals surface area contributed by atoms with E-state index in [0.29, 0.717) is 39.9 Å². The van der Waals surface area contributed by atoms with Crippen LogP contribution in [0.3, 0.4) is 0 Å². The number of fused-ring (bicyclic) bond motifs is 2. The van der Waals surface area contributed by atoms with E-state index >= 15 is 0 Å². The molecule has 3 N–H and O–H groups in total. The maximum absolute atomic E-state index is 13.3. The van der Waals surface area contributed by atoms with Crippen molar-refractivity contribution >= 4 is 40.0 Å². The first kappa shape index (κ1) is 33.0. The number of halogens is 1. The number of nitrogens with one attached hydrogen (secondary N) is 3. The van der Waals surface area contributed by atoms with Crippen molar-refractivity contribution in [2.75, 3.05) is 32.1 Å². The number of likely N-dealkylation sites (tertiary alicyclic amines) is 1. The fourth-order valence-electron chi connectivity index (χ4n) is 8.17. The van der Waals surface area contributed by atoms with Crippen molar-refractivity contribution in [2.24, 2.45) is 14.1 Å². The van der Waals surface area contributed by atoms with E-state index in [0.717, 1.165) is 76.1 Å². The summed E-state index contributed by atoms with van der Waals surface area (Å²) in [7, 11) is 4.78. The summed E-state index contributed by atoms with van der Waals surface area (Å²) in [5, 5.41) is 10.4. The molecule has 1 aliphatic carbocycles. The Morgan fingerprint density at radius 2 is 1.76 bits per heavy atom. The summed E-state index contributed by atoms with van der Waals surface area (Å²) < 4.78 is 8.49. The highest BCUT2D eigenvalue weighted by atomic mass is 35.5. The van der Waals surface area contributed by atoms with Crippen LogP contribution in [0.1, 0.15) is 41.3 Å². The summed E-state index contributed by atoms with van der Waals surface area (Å²) >= 11 is 7.25. The van der Waals surface area contributed by atoms with Crippen LogP contribution in [0.4, 0.5) is 16.3 Å². The van der Waals surface area contributed by atoms with Crippen molar-refractivity contribution in [1.82, 2.24) is 34.6 Å². The van der Waals surface area contributed by atoms with Crippen LogP contribution in [0.2, 0.25) is 5.02 Å². The molecular formula is C38H39ClN8O4. The lowest BCUT2D eigenvalue weighted by molar-refractivity contribution is 0.219. The van der Waals surface area contributed by atoms with E-state index in [9.17, 15) is 14.4 Å². The minimum atomic E-state index is -0.416. The minimum absolute atomic E-state index is 0.0945.